The fourth-order valence-corrected chi connectivity index (χ4v) is 2.85. The number of hydrogen-bond donors (Lipinski definition) is 1. The number of amides is 3. The summed E-state index contributed by atoms with van der Waals surface area (Å²) in [5, 5.41) is 2.52. The molecule has 24 heavy (non-hydrogen) atoms. The monoisotopic (exact) mass is 338 g/mol. The molecule has 2 atom stereocenters. The van der Waals surface area contributed by atoms with Crippen LogP contribution in [0.25, 0.3) is 0 Å². The number of fused-ring (bicyclic) bond motifs is 1. The van der Waals surface area contributed by atoms with E-state index in [2.05, 4.69) is 5.32 Å². The van der Waals surface area contributed by atoms with Crippen LogP contribution in [0.2, 0.25) is 0 Å². The van der Waals surface area contributed by atoms with Crippen LogP contribution in [-0.2, 0) is 28.7 Å². The van der Waals surface area contributed by atoms with E-state index in [1.54, 1.807) is 0 Å². The summed E-state index contributed by atoms with van der Waals surface area (Å²) in [5.74, 6) is -2.09. The maximum absolute atomic E-state index is 12.2. The van der Waals surface area contributed by atoms with Gasteiger partial charge < -0.3 is 14.8 Å². The molecule has 2 aliphatic rings. The van der Waals surface area contributed by atoms with Crippen LogP contribution < -0.4 is 5.32 Å². The predicted octanol–water partition coefficient (Wildman–Crippen LogP) is -0.366. The Hall–Kier alpha value is -2.22. The first-order valence-electron chi connectivity index (χ1n) is 7.96. The highest BCUT2D eigenvalue weighted by Crippen LogP contribution is 2.34. The molecule has 3 amide bonds. The molecule has 8 heteroatoms. The summed E-state index contributed by atoms with van der Waals surface area (Å²) >= 11 is 0. The molecule has 2 rings (SSSR count). The van der Waals surface area contributed by atoms with E-state index >= 15 is 0 Å². The summed E-state index contributed by atoms with van der Waals surface area (Å²) in [6.45, 7) is 0.310. The lowest BCUT2D eigenvalue weighted by Crippen LogP contribution is -2.34. The quantitative estimate of drug-likeness (QED) is 0.280. The van der Waals surface area contributed by atoms with Crippen molar-refractivity contribution in [2.45, 2.75) is 19.3 Å². The number of nitrogens with zero attached hydrogens (tertiary/aromatic N) is 1. The second-order valence-corrected chi connectivity index (χ2v) is 5.74. The highest BCUT2D eigenvalue weighted by atomic mass is 16.5. The molecule has 1 N–H and O–H groups in total. The van der Waals surface area contributed by atoms with Crippen LogP contribution in [0, 0.1) is 11.8 Å². The SMILES string of the molecule is COCCNC(=O)COC(=O)CCN1C(=O)[C@H]2CC=CC[C@@H]2C1=O. The average molecular weight is 338 g/mol. The van der Waals surface area contributed by atoms with Gasteiger partial charge in [0.25, 0.3) is 5.91 Å². The number of carbonyl (C=O) groups is 4. The van der Waals surface area contributed by atoms with Crippen LogP contribution in [0.15, 0.2) is 12.2 Å². The lowest BCUT2D eigenvalue weighted by atomic mass is 9.85. The number of hydrogen-bond acceptors (Lipinski definition) is 6. The number of carbonyl (C=O) groups excluding carboxylic acids is 4. The van der Waals surface area contributed by atoms with Crippen LogP contribution in [0.4, 0.5) is 0 Å². The van der Waals surface area contributed by atoms with Gasteiger partial charge in [-0.3, -0.25) is 24.1 Å². The van der Waals surface area contributed by atoms with Crippen LogP contribution in [0.1, 0.15) is 19.3 Å². The maximum Gasteiger partial charge on any atom is 0.308 e. The number of rotatable bonds is 8. The second kappa shape index (κ2) is 8.58. The number of ether oxygens (including phenoxy) is 2. The van der Waals surface area contributed by atoms with E-state index in [9.17, 15) is 19.2 Å². The molecule has 0 aromatic heterocycles. The molecule has 0 aromatic rings. The standard InChI is InChI=1S/C16H22N2O6/c1-23-9-7-17-13(19)10-24-14(20)6-8-18-15(21)11-4-2-3-5-12(11)16(18)22/h2-3,11-12H,4-10H2,1H3,(H,17,19)/t11-,12-/m0/s1. The Morgan fingerprint density at radius 1 is 1.21 bits per heavy atom. The molecule has 0 saturated carbocycles. The molecule has 0 spiro atoms. The third-order valence-electron chi connectivity index (χ3n) is 4.13. The minimum Gasteiger partial charge on any atom is -0.456 e. The van der Waals surface area contributed by atoms with Crippen molar-refractivity contribution in [3.8, 4) is 0 Å². The molecule has 1 saturated heterocycles. The van der Waals surface area contributed by atoms with Crippen molar-refractivity contribution in [3.63, 3.8) is 0 Å². The number of nitrogens with one attached hydrogen (secondary N) is 1. The third kappa shape index (κ3) is 4.41. The van der Waals surface area contributed by atoms with Crippen molar-refractivity contribution in [1.29, 1.82) is 0 Å². The van der Waals surface area contributed by atoms with Crippen LogP contribution in [-0.4, -0.2) is 62.0 Å². The van der Waals surface area contributed by atoms with Gasteiger partial charge in [-0.1, -0.05) is 12.2 Å². The fourth-order valence-electron chi connectivity index (χ4n) is 2.85. The first kappa shape index (κ1) is 18.1. The Morgan fingerprint density at radius 3 is 2.42 bits per heavy atom. The Balaban J connectivity index is 1.71. The van der Waals surface area contributed by atoms with Crippen molar-refractivity contribution in [2.75, 3.05) is 33.4 Å². The highest BCUT2D eigenvalue weighted by molar-refractivity contribution is 6.05. The van der Waals surface area contributed by atoms with Crippen molar-refractivity contribution in [1.82, 2.24) is 10.2 Å². The van der Waals surface area contributed by atoms with Crippen molar-refractivity contribution < 1.29 is 28.7 Å². The lowest BCUT2D eigenvalue weighted by molar-refractivity contribution is -0.150. The summed E-state index contributed by atoms with van der Waals surface area (Å²) in [5.41, 5.74) is 0. The zero-order valence-corrected chi connectivity index (χ0v) is 13.7. The van der Waals surface area contributed by atoms with E-state index in [1.807, 2.05) is 12.2 Å². The number of esters is 1. The van der Waals surface area contributed by atoms with E-state index in [1.165, 1.54) is 7.11 Å². The van der Waals surface area contributed by atoms with E-state index in [4.69, 9.17) is 9.47 Å². The average Bonchev–Trinajstić information content (AvgIpc) is 2.83. The molecule has 0 radical (unpaired) electrons. The van der Waals surface area contributed by atoms with Gasteiger partial charge in [-0.25, -0.2) is 0 Å². The van der Waals surface area contributed by atoms with Gasteiger partial charge in [0, 0.05) is 20.2 Å². The molecule has 1 aliphatic carbocycles. The molecule has 132 valence electrons. The first-order chi connectivity index (χ1) is 11.5. The van der Waals surface area contributed by atoms with Gasteiger partial charge in [0.15, 0.2) is 6.61 Å². The largest absolute Gasteiger partial charge is 0.456 e. The van der Waals surface area contributed by atoms with Gasteiger partial charge in [-0.15, -0.1) is 0 Å². The van der Waals surface area contributed by atoms with Gasteiger partial charge in [-0.05, 0) is 12.8 Å². The summed E-state index contributed by atoms with van der Waals surface area (Å²) < 4.78 is 9.61. The summed E-state index contributed by atoms with van der Waals surface area (Å²) in [6.07, 6.45) is 4.84. The fraction of sp³-hybridized carbons (Fsp3) is 0.625. The molecule has 1 aliphatic heterocycles. The third-order valence-corrected chi connectivity index (χ3v) is 4.13. The smallest absolute Gasteiger partial charge is 0.308 e. The van der Waals surface area contributed by atoms with Gasteiger partial charge in [-0.2, -0.15) is 0 Å². The molecular weight excluding hydrogens is 316 g/mol. The zero-order valence-electron chi connectivity index (χ0n) is 13.7. The minimum atomic E-state index is -0.620. The normalized spacial score (nSPS) is 22.5. The molecule has 1 fully saturated rings. The number of methoxy groups -OCH3 is 1. The summed E-state index contributed by atoms with van der Waals surface area (Å²) in [6, 6.07) is 0. The maximum atomic E-state index is 12.2. The first-order valence-corrected chi connectivity index (χ1v) is 7.96. The molecule has 0 aromatic carbocycles. The molecule has 0 unspecified atom stereocenters. The zero-order chi connectivity index (χ0) is 17.5. The molecule has 1 heterocycles. The number of allylic oxidation sites excluding steroid dienone is 2. The Kier molecular flexibility index (Phi) is 6.48. The highest BCUT2D eigenvalue weighted by Gasteiger charge is 2.46. The van der Waals surface area contributed by atoms with Gasteiger partial charge in [0.1, 0.15) is 0 Å². The number of imide groups is 1. The van der Waals surface area contributed by atoms with Gasteiger partial charge in [0.2, 0.25) is 11.8 Å². The van der Waals surface area contributed by atoms with Gasteiger partial charge in [0.05, 0.1) is 24.9 Å². The van der Waals surface area contributed by atoms with E-state index < -0.39 is 11.9 Å². The predicted molar refractivity (Wildman–Crippen MR) is 82.5 cm³/mol. The Bertz CT molecular complexity index is 519. The van der Waals surface area contributed by atoms with Crippen molar-refractivity contribution >= 4 is 23.7 Å². The summed E-state index contributed by atoms with van der Waals surface area (Å²) in [4.78, 5) is 48.6. The van der Waals surface area contributed by atoms with Crippen LogP contribution in [0.3, 0.4) is 0 Å². The minimum absolute atomic E-state index is 0.00516. The molecule has 0 bridgehead atoms. The van der Waals surface area contributed by atoms with Crippen molar-refractivity contribution in [3.05, 3.63) is 12.2 Å². The Labute approximate surface area is 140 Å². The molecular formula is C16H22N2O6. The van der Waals surface area contributed by atoms with E-state index in [0.717, 1.165) is 4.90 Å². The van der Waals surface area contributed by atoms with Gasteiger partial charge >= 0.3 is 5.97 Å². The summed E-state index contributed by atoms with van der Waals surface area (Å²) in [7, 11) is 1.51. The van der Waals surface area contributed by atoms with Crippen LogP contribution >= 0.6 is 0 Å². The van der Waals surface area contributed by atoms with E-state index in [-0.39, 0.29) is 43.2 Å². The topological polar surface area (TPSA) is 102 Å². The van der Waals surface area contributed by atoms with E-state index in [0.29, 0.717) is 26.0 Å². The molecule has 8 nitrogen and oxygen atoms in total. The van der Waals surface area contributed by atoms with Crippen molar-refractivity contribution in [2.24, 2.45) is 11.8 Å². The van der Waals surface area contributed by atoms with Crippen LogP contribution in [0.5, 0.6) is 0 Å². The second-order valence-electron chi connectivity index (χ2n) is 5.74. The Morgan fingerprint density at radius 2 is 1.83 bits per heavy atom. The number of likely N-dealkylation sites (tertiary alicyclic amines) is 1. The lowest BCUT2D eigenvalue weighted by Gasteiger charge is -2.14.